The molecule has 2 saturated carbocycles. The highest BCUT2D eigenvalue weighted by Crippen LogP contribution is 2.48. The molecule has 2 fully saturated rings. The Kier molecular flexibility index (Phi) is 3.36. The van der Waals surface area contributed by atoms with Crippen LogP contribution < -0.4 is 11.1 Å². The highest BCUT2D eigenvalue weighted by molar-refractivity contribution is 4.97. The number of hydrogen-bond donors (Lipinski definition) is 2. The molecule has 0 aliphatic heterocycles. The predicted octanol–water partition coefficient (Wildman–Crippen LogP) is 2.43. The minimum atomic E-state index is 0.127. The van der Waals surface area contributed by atoms with Crippen molar-refractivity contribution in [1.82, 2.24) is 5.32 Å². The summed E-state index contributed by atoms with van der Waals surface area (Å²) in [6.45, 7) is 4.54. The predicted molar refractivity (Wildman–Crippen MR) is 64.8 cm³/mol. The Morgan fingerprint density at radius 2 is 1.73 bits per heavy atom. The van der Waals surface area contributed by atoms with Gasteiger partial charge in [0.25, 0.3) is 0 Å². The van der Waals surface area contributed by atoms with Crippen molar-refractivity contribution in [3.05, 3.63) is 0 Å². The van der Waals surface area contributed by atoms with E-state index in [1.165, 1.54) is 57.9 Å². The number of rotatable bonds is 6. The number of nitrogens with one attached hydrogen (secondary N) is 1. The summed E-state index contributed by atoms with van der Waals surface area (Å²) < 4.78 is 0. The van der Waals surface area contributed by atoms with E-state index in [4.69, 9.17) is 5.73 Å². The molecule has 0 radical (unpaired) electrons. The molecule has 2 aliphatic carbocycles. The molecule has 2 nitrogen and oxygen atoms in total. The fourth-order valence-electron chi connectivity index (χ4n) is 3.05. The van der Waals surface area contributed by atoms with Crippen LogP contribution in [-0.4, -0.2) is 18.6 Å². The van der Waals surface area contributed by atoms with Gasteiger partial charge >= 0.3 is 0 Å². The second-order valence-corrected chi connectivity index (χ2v) is 5.92. The molecule has 88 valence electrons. The minimum absolute atomic E-state index is 0.127. The smallest absolute Gasteiger partial charge is 0.0280 e. The molecule has 0 aromatic heterocycles. The van der Waals surface area contributed by atoms with Gasteiger partial charge in [-0.2, -0.15) is 0 Å². The molecule has 0 aromatic carbocycles. The van der Waals surface area contributed by atoms with Crippen LogP contribution in [0.3, 0.4) is 0 Å². The Bertz CT molecular complexity index is 203. The van der Waals surface area contributed by atoms with E-state index in [9.17, 15) is 0 Å². The van der Waals surface area contributed by atoms with Gasteiger partial charge in [-0.1, -0.05) is 26.2 Å². The molecule has 2 rings (SSSR count). The summed E-state index contributed by atoms with van der Waals surface area (Å²) in [5, 5.41) is 3.63. The largest absolute Gasteiger partial charge is 0.324 e. The SMILES string of the molecule is CCCC1(CNCC2(N)CCCC2)CC1. The average molecular weight is 210 g/mol. The summed E-state index contributed by atoms with van der Waals surface area (Å²) in [4.78, 5) is 0. The van der Waals surface area contributed by atoms with Crippen LogP contribution in [0.4, 0.5) is 0 Å². The van der Waals surface area contributed by atoms with Crippen molar-refractivity contribution in [3.8, 4) is 0 Å². The van der Waals surface area contributed by atoms with E-state index < -0.39 is 0 Å². The van der Waals surface area contributed by atoms with E-state index in [0.29, 0.717) is 5.41 Å². The molecular weight excluding hydrogens is 184 g/mol. The van der Waals surface area contributed by atoms with Gasteiger partial charge in [0.15, 0.2) is 0 Å². The second kappa shape index (κ2) is 4.42. The Labute approximate surface area is 94.0 Å². The molecule has 0 aromatic rings. The Balaban J connectivity index is 1.66. The first-order chi connectivity index (χ1) is 7.18. The van der Waals surface area contributed by atoms with Gasteiger partial charge in [0.2, 0.25) is 0 Å². The molecule has 3 N–H and O–H groups in total. The van der Waals surface area contributed by atoms with Crippen molar-refractivity contribution in [2.24, 2.45) is 11.1 Å². The molecule has 0 heterocycles. The number of nitrogens with two attached hydrogens (primary N) is 1. The zero-order chi connectivity index (χ0) is 10.8. The first-order valence-corrected chi connectivity index (χ1v) is 6.68. The maximum atomic E-state index is 6.32. The van der Waals surface area contributed by atoms with Crippen molar-refractivity contribution in [2.75, 3.05) is 13.1 Å². The molecule has 0 amide bonds. The molecule has 0 saturated heterocycles. The van der Waals surface area contributed by atoms with Gasteiger partial charge in [-0.05, 0) is 37.5 Å². The molecule has 0 bridgehead atoms. The Hall–Kier alpha value is -0.0800. The fourth-order valence-corrected chi connectivity index (χ4v) is 3.05. The lowest BCUT2D eigenvalue weighted by Gasteiger charge is -2.25. The molecule has 0 spiro atoms. The maximum absolute atomic E-state index is 6.32. The lowest BCUT2D eigenvalue weighted by Crippen LogP contribution is -2.47. The molecule has 0 unspecified atom stereocenters. The minimum Gasteiger partial charge on any atom is -0.324 e. The van der Waals surface area contributed by atoms with Crippen LogP contribution in [0.15, 0.2) is 0 Å². The monoisotopic (exact) mass is 210 g/mol. The highest BCUT2D eigenvalue weighted by atomic mass is 15.0. The summed E-state index contributed by atoms with van der Waals surface area (Å²) in [5.74, 6) is 0. The molecule has 0 atom stereocenters. The van der Waals surface area contributed by atoms with Crippen molar-refractivity contribution >= 4 is 0 Å². The van der Waals surface area contributed by atoms with Crippen LogP contribution in [0.1, 0.15) is 58.3 Å². The summed E-state index contributed by atoms with van der Waals surface area (Å²) in [7, 11) is 0. The third-order valence-corrected chi connectivity index (χ3v) is 4.31. The van der Waals surface area contributed by atoms with Gasteiger partial charge in [0.1, 0.15) is 0 Å². The third-order valence-electron chi connectivity index (χ3n) is 4.31. The molecule has 2 heteroatoms. The topological polar surface area (TPSA) is 38.0 Å². The fraction of sp³-hybridized carbons (Fsp3) is 1.00. The lowest BCUT2D eigenvalue weighted by molar-refractivity contribution is 0.359. The first kappa shape index (κ1) is 11.4. The van der Waals surface area contributed by atoms with Crippen LogP contribution in [0.25, 0.3) is 0 Å². The summed E-state index contributed by atoms with van der Waals surface area (Å²) in [5.41, 5.74) is 7.12. The number of hydrogen-bond acceptors (Lipinski definition) is 2. The molecular formula is C13H26N2. The molecule has 15 heavy (non-hydrogen) atoms. The van der Waals surface area contributed by atoms with Gasteiger partial charge in [-0.25, -0.2) is 0 Å². The normalized spacial score (nSPS) is 26.8. The zero-order valence-electron chi connectivity index (χ0n) is 10.1. The highest BCUT2D eigenvalue weighted by Gasteiger charge is 2.41. The lowest BCUT2D eigenvalue weighted by atomic mass is 9.97. The summed E-state index contributed by atoms with van der Waals surface area (Å²) in [6, 6.07) is 0. The van der Waals surface area contributed by atoms with Gasteiger partial charge in [-0.3, -0.25) is 0 Å². The zero-order valence-corrected chi connectivity index (χ0v) is 10.1. The Morgan fingerprint density at radius 1 is 1.07 bits per heavy atom. The van der Waals surface area contributed by atoms with Crippen LogP contribution in [0.2, 0.25) is 0 Å². The summed E-state index contributed by atoms with van der Waals surface area (Å²) in [6.07, 6.45) is 10.7. The van der Waals surface area contributed by atoms with E-state index in [2.05, 4.69) is 12.2 Å². The van der Waals surface area contributed by atoms with E-state index in [1.807, 2.05) is 0 Å². The van der Waals surface area contributed by atoms with Gasteiger partial charge < -0.3 is 11.1 Å². The molecule has 2 aliphatic rings. The van der Waals surface area contributed by atoms with Crippen LogP contribution >= 0.6 is 0 Å². The van der Waals surface area contributed by atoms with Crippen LogP contribution in [-0.2, 0) is 0 Å². The van der Waals surface area contributed by atoms with E-state index in [0.717, 1.165) is 6.54 Å². The van der Waals surface area contributed by atoms with Crippen molar-refractivity contribution in [3.63, 3.8) is 0 Å². The van der Waals surface area contributed by atoms with Crippen molar-refractivity contribution in [2.45, 2.75) is 63.8 Å². The first-order valence-electron chi connectivity index (χ1n) is 6.68. The Morgan fingerprint density at radius 3 is 2.27 bits per heavy atom. The van der Waals surface area contributed by atoms with Gasteiger partial charge in [0.05, 0.1) is 0 Å². The quantitative estimate of drug-likeness (QED) is 0.706. The van der Waals surface area contributed by atoms with Gasteiger partial charge in [0, 0.05) is 18.6 Å². The van der Waals surface area contributed by atoms with Crippen LogP contribution in [0, 0.1) is 5.41 Å². The van der Waals surface area contributed by atoms with E-state index in [1.54, 1.807) is 0 Å². The van der Waals surface area contributed by atoms with Crippen molar-refractivity contribution in [1.29, 1.82) is 0 Å². The van der Waals surface area contributed by atoms with Crippen molar-refractivity contribution < 1.29 is 0 Å². The van der Waals surface area contributed by atoms with Crippen LogP contribution in [0.5, 0.6) is 0 Å². The standard InChI is InChI=1S/C13H26N2/c1-2-5-12(8-9-12)10-15-11-13(14)6-3-4-7-13/h15H,2-11,14H2,1H3. The van der Waals surface area contributed by atoms with Gasteiger partial charge in [-0.15, -0.1) is 0 Å². The second-order valence-electron chi connectivity index (χ2n) is 5.92. The maximum Gasteiger partial charge on any atom is 0.0280 e. The average Bonchev–Trinajstić information content (AvgIpc) is 2.81. The van der Waals surface area contributed by atoms with E-state index >= 15 is 0 Å². The van der Waals surface area contributed by atoms with E-state index in [-0.39, 0.29) is 5.54 Å². The third kappa shape index (κ3) is 2.94. The summed E-state index contributed by atoms with van der Waals surface area (Å²) >= 11 is 0.